The maximum absolute atomic E-state index is 6.29. The minimum atomic E-state index is -1.74. The fraction of sp³-hybridized carbons (Fsp3) is 0.600. The lowest BCUT2D eigenvalue weighted by molar-refractivity contribution is 0.454. The summed E-state index contributed by atoms with van der Waals surface area (Å²) in [5.41, 5.74) is 0. The first-order valence-corrected chi connectivity index (χ1v) is 17.7. The quantitative estimate of drug-likeness (QED) is 0.654. The van der Waals surface area contributed by atoms with Crippen LogP contribution in [0.15, 0.2) is 18.2 Å². The molecular formula is C15H30O3Si3. The Kier molecular flexibility index (Phi) is 5.39. The van der Waals surface area contributed by atoms with Crippen molar-refractivity contribution in [3.05, 3.63) is 18.2 Å². The SMILES string of the molecule is C[Si](C)(C)Oc1cccc(O[Si](C)(C)C)c1O[Si](C)(C)C. The van der Waals surface area contributed by atoms with Crippen LogP contribution in [-0.2, 0) is 0 Å². The molecule has 0 atom stereocenters. The number of hydrogen-bond acceptors (Lipinski definition) is 3. The van der Waals surface area contributed by atoms with Crippen LogP contribution in [-0.4, -0.2) is 25.0 Å². The molecule has 1 aromatic carbocycles. The molecule has 0 amide bonds. The minimum Gasteiger partial charge on any atom is -0.542 e. The molecule has 1 rings (SSSR count). The van der Waals surface area contributed by atoms with Crippen LogP contribution in [0.1, 0.15) is 0 Å². The van der Waals surface area contributed by atoms with Crippen molar-refractivity contribution in [2.45, 2.75) is 58.9 Å². The predicted octanol–water partition coefficient (Wildman–Crippen LogP) is 5.33. The van der Waals surface area contributed by atoms with Crippen molar-refractivity contribution in [3.8, 4) is 17.2 Å². The van der Waals surface area contributed by atoms with E-state index in [1.807, 2.05) is 18.2 Å². The van der Waals surface area contributed by atoms with Crippen LogP contribution in [0.2, 0.25) is 58.9 Å². The van der Waals surface area contributed by atoms with Gasteiger partial charge in [-0.05, 0) is 71.1 Å². The van der Waals surface area contributed by atoms with Crippen molar-refractivity contribution in [1.29, 1.82) is 0 Å². The van der Waals surface area contributed by atoms with Crippen LogP contribution in [0.4, 0.5) is 0 Å². The zero-order chi connectivity index (χ0) is 16.5. The van der Waals surface area contributed by atoms with Gasteiger partial charge < -0.3 is 13.3 Å². The van der Waals surface area contributed by atoms with E-state index in [-0.39, 0.29) is 0 Å². The summed E-state index contributed by atoms with van der Waals surface area (Å²) in [5.74, 6) is 2.45. The molecule has 0 saturated carbocycles. The fourth-order valence-electron chi connectivity index (χ4n) is 1.72. The smallest absolute Gasteiger partial charge is 0.242 e. The highest BCUT2D eigenvalue weighted by Gasteiger charge is 2.27. The largest absolute Gasteiger partial charge is 0.542 e. The van der Waals surface area contributed by atoms with Gasteiger partial charge in [0, 0.05) is 0 Å². The first-order chi connectivity index (χ1) is 9.27. The summed E-state index contributed by atoms with van der Waals surface area (Å²) in [6.45, 7) is 19.6. The van der Waals surface area contributed by atoms with Crippen molar-refractivity contribution in [1.82, 2.24) is 0 Å². The van der Waals surface area contributed by atoms with Gasteiger partial charge >= 0.3 is 0 Å². The molecule has 0 saturated heterocycles. The molecule has 0 bridgehead atoms. The minimum absolute atomic E-state index is 0.793. The normalized spacial score (nSPS) is 13.0. The van der Waals surface area contributed by atoms with E-state index in [4.69, 9.17) is 13.3 Å². The maximum atomic E-state index is 6.29. The molecule has 0 spiro atoms. The molecule has 1 aromatic rings. The van der Waals surface area contributed by atoms with Crippen molar-refractivity contribution in [3.63, 3.8) is 0 Å². The van der Waals surface area contributed by atoms with Crippen LogP contribution in [0, 0.1) is 0 Å². The Morgan fingerprint density at radius 3 is 1.19 bits per heavy atom. The summed E-state index contributed by atoms with van der Waals surface area (Å²) in [7, 11) is -5.13. The molecule has 21 heavy (non-hydrogen) atoms. The first kappa shape index (κ1) is 18.3. The average Bonchev–Trinajstić information content (AvgIpc) is 2.16. The van der Waals surface area contributed by atoms with Gasteiger partial charge in [0.1, 0.15) is 11.5 Å². The third-order valence-corrected chi connectivity index (χ3v) is 4.66. The molecule has 0 fully saturated rings. The highest BCUT2D eigenvalue weighted by Crippen LogP contribution is 2.41. The molecule has 0 unspecified atom stereocenters. The molecule has 0 N–H and O–H groups in total. The predicted molar refractivity (Wildman–Crippen MR) is 98.4 cm³/mol. The zero-order valence-corrected chi connectivity index (χ0v) is 18.0. The highest BCUT2D eigenvalue weighted by molar-refractivity contribution is 6.71. The van der Waals surface area contributed by atoms with E-state index in [0.717, 1.165) is 17.2 Å². The molecule has 0 aromatic heterocycles. The molecule has 3 nitrogen and oxygen atoms in total. The van der Waals surface area contributed by atoms with E-state index in [1.165, 1.54) is 0 Å². The molecule has 0 radical (unpaired) electrons. The Bertz CT molecular complexity index is 448. The summed E-state index contributed by atoms with van der Waals surface area (Å²) in [6.07, 6.45) is 0. The van der Waals surface area contributed by atoms with Crippen molar-refractivity contribution in [2.75, 3.05) is 0 Å². The van der Waals surface area contributed by atoms with Gasteiger partial charge in [-0.25, -0.2) is 0 Å². The lowest BCUT2D eigenvalue weighted by Crippen LogP contribution is -2.34. The summed E-state index contributed by atoms with van der Waals surface area (Å²) < 4.78 is 18.7. The first-order valence-electron chi connectivity index (χ1n) is 7.47. The van der Waals surface area contributed by atoms with Gasteiger partial charge in [-0.3, -0.25) is 0 Å². The van der Waals surface area contributed by atoms with Gasteiger partial charge in [-0.15, -0.1) is 0 Å². The van der Waals surface area contributed by atoms with E-state index in [1.54, 1.807) is 0 Å². The number of para-hydroxylation sites is 1. The van der Waals surface area contributed by atoms with E-state index in [9.17, 15) is 0 Å². The van der Waals surface area contributed by atoms with Crippen molar-refractivity contribution >= 4 is 25.0 Å². The molecular weight excluding hydrogens is 312 g/mol. The molecule has 120 valence electrons. The Morgan fingerprint density at radius 2 is 0.905 bits per heavy atom. The van der Waals surface area contributed by atoms with Crippen LogP contribution >= 0.6 is 0 Å². The monoisotopic (exact) mass is 342 g/mol. The zero-order valence-electron chi connectivity index (χ0n) is 15.0. The molecule has 0 aliphatic carbocycles. The molecule has 6 heteroatoms. The molecule has 0 aliphatic rings. The van der Waals surface area contributed by atoms with Crippen molar-refractivity contribution in [2.24, 2.45) is 0 Å². The summed E-state index contributed by atoms with van der Waals surface area (Å²) in [5, 5.41) is 0. The van der Waals surface area contributed by atoms with Crippen LogP contribution in [0.5, 0.6) is 17.2 Å². The van der Waals surface area contributed by atoms with Crippen LogP contribution < -0.4 is 13.3 Å². The summed E-state index contributed by atoms with van der Waals surface area (Å²) in [4.78, 5) is 0. The van der Waals surface area contributed by atoms with Gasteiger partial charge in [0.25, 0.3) is 0 Å². The summed E-state index contributed by atoms with van der Waals surface area (Å²) in [6, 6.07) is 5.97. The Balaban J connectivity index is 3.27. The number of hydrogen-bond donors (Lipinski definition) is 0. The van der Waals surface area contributed by atoms with E-state index < -0.39 is 25.0 Å². The Morgan fingerprint density at radius 1 is 0.571 bits per heavy atom. The van der Waals surface area contributed by atoms with Gasteiger partial charge in [-0.1, -0.05) is 6.07 Å². The lowest BCUT2D eigenvalue weighted by Gasteiger charge is -2.29. The molecule has 0 heterocycles. The van der Waals surface area contributed by atoms with Crippen LogP contribution in [0.3, 0.4) is 0 Å². The second-order valence-electron chi connectivity index (χ2n) is 8.23. The van der Waals surface area contributed by atoms with Crippen LogP contribution in [0.25, 0.3) is 0 Å². The fourth-order valence-corrected chi connectivity index (χ4v) is 4.18. The Labute approximate surface area is 133 Å². The van der Waals surface area contributed by atoms with E-state index >= 15 is 0 Å². The van der Waals surface area contributed by atoms with E-state index in [2.05, 4.69) is 58.9 Å². The van der Waals surface area contributed by atoms with Gasteiger partial charge in [-0.2, -0.15) is 0 Å². The maximum Gasteiger partial charge on any atom is 0.242 e. The topological polar surface area (TPSA) is 27.7 Å². The average molecular weight is 343 g/mol. The number of benzene rings is 1. The highest BCUT2D eigenvalue weighted by atomic mass is 28.4. The lowest BCUT2D eigenvalue weighted by atomic mass is 10.3. The van der Waals surface area contributed by atoms with Crippen molar-refractivity contribution < 1.29 is 13.3 Å². The second kappa shape index (κ2) is 6.18. The molecule has 0 aliphatic heterocycles. The number of rotatable bonds is 6. The third kappa shape index (κ3) is 7.19. The Hall–Kier alpha value is -0.729. The second-order valence-corrected chi connectivity index (χ2v) is 21.5. The van der Waals surface area contributed by atoms with Gasteiger partial charge in [0.05, 0.1) is 0 Å². The summed E-state index contributed by atoms with van der Waals surface area (Å²) >= 11 is 0. The van der Waals surface area contributed by atoms with Gasteiger partial charge in [0.2, 0.25) is 25.0 Å². The standard InChI is InChI=1S/C15H30O3Si3/c1-19(2,3)16-13-11-10-12-14(17-20(4,5)6)15(13)18-21(7,8)9/h10-12H,1-9H3. The van der Waals surface area contributed by atoms with E-state index in [0.29, 0.717) is 0 Å². The van der Waals surface area contributed by atoms with Gasteiger partial charge in [0.15, 0.2) is 5.75 Å². The third-order valence-electron chi connectivity index (χ3n) is 2.18.